The lowest BCUT2D eigenvalue weighted by atomic mass is 9.82. The fourth-order valence-electron chi connectivity index (χ4n) is 8.28. The number of halogens is 2. The van der Waals surface area contributed by atoms with E-state index in [-0.39, 0.29) is 62.0 Å². The first-order valence-electron chi connectivity index (χ1n) is 24.9. The predicted molar refractivity (Wildman–Crippen MR) is 276 cm³/mol. The van der Waals surface area contributed by atoms with Crippen molar-refractivity contribution >= 4 is 58.9 Å². The molecule has 0 fully saturated rings. The Balaban J connectivity index is 1.64. The number of hydrogen-bond donors (Lipinski definition) is 8. The van der Waals surface area contributed by atoms with Gasteiger partial charge < -0.3 is 52.0 Å². The number of pyridine rings is 1. The number of primary amides is 1. The van der Waals surface area contributed by atoms with Crippen LogP contribution < -0.4 is 32.3 Å². The number of benzene rings is 2. The lowest BCUT2D eigenvalue weighted by Crippen LogP contribution is -2.56. The lowest BCUT2D eigenvalue weighted by molar-refractivity contribution is -0.140. The molecule has 2 aromatic carbocycles. The van der Waals surface area contributed by atoms with E-state index >= 15 is 4.39 Å². The molecule has 9 N–H and O–H groups in total. The molecule has 0 aliphatic rings. The van der Waals surface area contributed by atoms with Gasteiger partial charge in [-0.15, -0.1) is 0 Å². The van der Waals surface area contributed by atoms with Gasteiger partial charge in [-0.3, -0.25) is 52.9 Å². The van der Waals surface area contributed by atoms with Crippen molar-refractivity contribution in [2.45, 2.75) is 110 Å². The number of aliphatic hydroxyl groups excluding tert-OH is 1. The van der Waals surface area contributed by atoms with E-state index in [9.17, 15) is 57.4 Å². The van der Waals surface area contributed by atoms with Crippen LogP contribution in [0.15, 0.2) is 85.3 Å². The van der Waals surface area contributed by atoms with Crippen LogP contribution >= 0.6 is 0 Å². The molecule has 0 aliphatic carbocycles. The fourth-order valence-corrected chi connectivity index (χ4v) is 8.28. The zero-order valence-corrected chi connectivity index (χ0v) is 43.6. The Labute approximate surface area is 444 Å². The van der Waals surface area contributed by atoms with Gasteiger partial charge in [-0.05, 0) is 67.1 Å². The Morgan fingerprint density at radius 3 is 2.10 bits per heavy atom. The average Bonchev–Trinajstić information content (AvgIpc) is 3.79. The van der Waals surface area contributed by atoms with Gasteiger partial charge in [-0.1, -0.05) is 58.0 Å². The number of carboxylic acids is 1. The maximum absolute atomic E-state index is 15.4. The van der Waals surface area contributed by atoms with Crippen LogP contribution in [0, 0.1) is 23.0 Å². The molecule has 0 spiro atoms. The number of nitrogens with zero attached hydrogens (tertiary/aromatic N) is 3. The molecule has 0 radical (unpaired) electrons. The van der Waals surface area contributed by atoms with Crippen molar-refractivity contribution in [2.75, 3.05) is 26.2 Å². The summed E-state index contributed by atoms with van der Waals surface area (Å²) in [7, 11) is 0. The molecule has 0 saturated heterocycles. The van der Waals surface area contributed by atoms with Crippen LogP contribution in [0.3, 0.4) is 0 Å². The van der Waals surface area contributed by atoms with Gasteiger partial charge in [-0.2, -0.15) is 0 Å². The molecule has 7 amide bonds. The SMILES string of the molecule is C[C@H](CC(=O)[C@H](C)NC(=O)c1ccncc1)C(=O)N[C@@H](CC(N)=O)C(=O)N[C@@H](CCN(C(=O)CO)[C@@H](c1cc(-c2cc(F)ccc2F)cn1Cc1ccccc1)C(C)(C)C)C(=O)NCCCC(=O)CNC(=O)CCC(=O)O. The van der Waals surface area contributed by atoms with Crippen LogP contribution in [0.25, 0.3) is 11.1 Å². The van der Waals surface area contributed by atoms with Gasteiger partial charge in [-0.25, -0.2) is 8.78 Å². The molecule has 0 saturated carbocycles. The number of aliphatic hydroxyl groups is 1. The van der Waals surface area contributed by atoms with Crippen LogP contribution in [0.5, 0.6) is 0 Å². The summed E-state index contributed by atoms with van der Waals surface area (Å²) in [5.74, 6) is -10.5. The second-order valence-electron chi connectivity index (χ2n) is 19.6. The molecular weight excluding hydrogens is 1000 g/mol. The number of Topliss-reactive ketones (excluding diaryl/α,β-unsaturated/α-hetero) is 2. The number of nitrogens with two attached hydrogens (primary N) is 1. The van der Waals surface area contributed by atoms with E-state index in [1.165, 1.54) is 43.3 Å². The molecule has 4 rings (SSSR count). The third-order valence-electron chi connectivity index (χ3n) is 12.3. The van der Waals surface area contributed by atoms with Crippen molar-refractivity contribution in [3.8, 4) is 11.1 Å². The Morgan fingerprint density at radius 2 is 1.47 bits per heavy atom. The number of aromatic nitrogens is 2. The minimum atomic E-state index is -1.71. The van der Waals surface area contributed by atoms with Gasteiger partial charge in [0.2, 0.25) is 35.4 Å². The predicted octanol–water partition coefficient (Wildman–Crippen LogP) is 2.88. The maximum Gasteiger partial charge on any atom is 0.303 e. The summed E-state index contributed by atoms with van der Waals surface area (Å²) in [6, 6.07) is 11.4. The molecule has 0 aliphatic heterocycles. The summed E-state index contributed by atoms with van der Waals surface area (Å²) < 4.78 is 31.8. The third kappa shape index (κ3) is 19.5. The molecule has 23 heteroatoms. The third-order valence-corrected chi connectivity index (χ3v) is 12.3. The first kappa shape index (κ1) is 61.3. The minimum Gasteiger partial charge on any atom is -0.481 e. The van der Waals surface area contributed by atoms with Crippen LogP contribution in [0.4, 0.5) is 8.78 Å². The summed E-state index contributed by atoms with van der Waals surface area (Å²) in [6.07, 6.45) is 1.98. The molecule has 414 valence electrons. The zero-order valence-electron chi connectivity index (χ0n) is 43.6. The van der Waals surface area contributed by atoms with Gasteiger partial charge in [0.25, 0.3) is 5.91 Å². The van der Waals surface area contributed by atoms with E-state index in [0.717, 1.165) is 23.8 Å². The van der Waals surface area contributed by atoms with Gasteiger partial charge in [0.1, 0.15) is 30.3 Å². The highest BCUT2D eigenvalue weighted by atomic mass is 19.1. The van der Waals surface area contributed by atoms with Gasteiger partial charge in [0.15, 0.2) is 11.6 Å². The number of aliphatic carboxylic acids is 1. The second-order valence-corrected chi connectivity index (χ2v) is 19.6. The monoisotopic (exact) mass is 1070 g/mol. The smallest absolute Gasteiger partial charge is 0.303 e. The number of rotatable bonds is 30. The summed E-state index contributed by atoms with van der Waals surface area (Å²) in [5, 5.41) is 31.8. The number of carbonyl (C=O) groups excluding carboxylic acids is 9. The maximum atomic E-state index is 15.4. The summed E-state index contributed by atoms with van der Waals surface area (Å²) in [6.45, 7) is 6.48. The molecule has 0 unspecified atom stereocenters. The van der Waals surface area contributed by atoms with Crippen LogP contribution in [-0.2, 0) is 49.7 Å². The Bertz CT molecular complexity index is 2750. The average molecular weight is 1070 g/mol. The normalized spacial score (nSPS) is 13.1. The molecule has 77 heavy (non-hydrogen) atoms. The molecule has 5 atom stereocenters. The van der Waals surface area contributed by atoms with Crippen molar-refractivity contribution in [1.82, 2.24) is 41.0 Å². The van der Waals surface area contributed by atoms with E-state index in [1.54, 1.807) is 37.6 Å². The van der Waals surface area contributed by atoms with E-state index in [1.807, 2.05) is 30.3 Å². The summed E-state index contributed by atoms with van der Waals surface area (Å²) in [5.41, 5.74) is 6.31. The highest BCUT2D eigenvalue weighted by Crippen LogP contribution is 2.41. The molecule has 21 nitrogen and oxygen atoms in total. The Morgan fingerprint density at radius 1 is 0.792 bits per heavy atom. The highest BCUT2D eigenvalue weighted by Gasteiger charge is 2.39. The molecule has 4 aromatic rings. The van der Waals surface area contributed by atoms with Crippen LogP contribution in [0.1, 0.15) is 107 Å². The number of amides is 7. The fraction of sp³-hybridized carbons (Fsp3) is 0.426. The lowest BCUT2D eigenvalue weighted by Gasteiger charge is -2.41. The number of nitrogens with one attached hydrogen (secondary N) is 5. The van der Waals surface area contributed by atoms with Crippen molar-refractivity contribution in [1.29, 1.82) is 0 Å². The first-order chi connectivity index (χ1) is 36.4. The van der Waals surface area contributed by atoms with Gasteiger partial charge >= 0.3 is 5.97 Å². The molecule has 2 heterocycles. The topological polar surface area (TPSA) is 318 Å². The van der Waals surface area contributed by atoms with Crippen molar-refractivity contribution in [3.05, 3.63) is 114 Å². The standard InChI is InChI=1S/C54H67F2N9O12/c1-32(24-44(68)33(2)61-51(75)35-17-21-58-22-18-35)50(74)63-42(27-45(57)69)53(77)62-41(52(76)59-20-9-12-38(67)28-60-46(70)15-16-48(72)73)19-23-65(47(71)31-66)49(54(3,4)5)43-25-36(39-26-37(55)13-14-40(39)56)30-64(43)29-34-10-7-6-8-11-34/h6-8,10-11,13-14,17-18,21-22,25-26,30,32-33,41-42,49,66H,9,12,15-16,19-20,23-24,27-29,31H2,1-5H3,(H2,57,69)(H,59,76)(H,60,70)(H,61,75)(H,62,77)(H,63,74)(H,72,73)/t32-,33+,41+,42+,49+/m1/s1. The minimum absolute atomic E-state index is 0.0348. The van der Waals surface area contributed by atoms with Crippen LogP contribution in [0.2, 0.25) is 0 Å². The zero-order chi connectivity index (χ0) is 57.0. The van der Waals surface area contributed by atoms with E-state index in [4.69, 9.17) is 10.8 Å². The van der Waals surface area contributed by atoms with Crippen molar-refractivity contribution < 1.29 is 66.9 Å². The Kier molecular flexibility index (Phi) is 23.2. The van der Waals surface area contributed by atoms with Crippen LogP contribution in [-0.4, -0.2) is 128 Å². The number of carboxylic acid groups (broad SMARTS) is 1. The molecular formula is C54H67F2N9O12. The van der Waals surface area contributed by atoms with Gasteiger partial charge in [0.05, 0.1) is 31.5 Å². The largest absolute Gasteiger partial charge is 0.481 e. The second kappa shape index (κ2) is 29.2. The molecule has 2 aromatic heterocycles. The van der Waals surface area contributed by atoms with E-state index in [2.05, 4.69) is 31.6 Å². The first-order valence-corrected chi connectivity index (χ1v) is 24.9. The van der Waals surface area contributed by atoms with Crippen molar-refractivity contribution in [2.24, 2.45) is 17.1 Å². The summed E-state index contributed by atoms with van der Waals surface area (Å²) in [4.78, 5) is 135. The number of hydrogen-bond acceptors (Lipinski definition) is 12. The Hall–Kier alpha value is -8.21. The van der Waals surface area contributed by atoms with E-state index in [0.29, 0.717) is 5.69 Å². The molecule has 0 bridgehead atoms. The van der Waals surface area contributed by atoms with Crippen molar-refractivity contribution in [3.63, 3.8) is 0 Å². The summed E-state index contributed by atoms with van der Waals surface area (Å²) >= 11 is 0. The number of ketones is 2. The van der Waals surface area contributed by atoms with E-state index < -0.39 is 138 Å². The van der Waals surface area contributed by atoms with Gasteiger partial charge in [0, 0.05) is 85.8 Å². The number of carbonyl (C=O) groups is 10. The quantitative estimate of drug-likeness (QED) is 0.0349. The highest BCUT2D eigenvalue weighted by molar-refractivity contribution is 5.99.